The van der Waals surface area contributed by atoms with E-state index in [1.165, 1.54) is 218 Å². The zero-order chi connectivity index (χ0) is 69.1. The minimum Gasteiger partial charge on any atom is -0.462 e. The van der Waals surface area contributed by atoms with E-state index in [1.54, 1.807) is 0 Å². The lowest BCUT2D eigenvalue weighted by Crippen LogP contribution is -2.30. The number of hydrogen-bond acceptors (Lipinski definition) is 15. The Hall–Kier alpha value is -1.94. The molecule has 0 aliphatic carbocycles. The largest absolute Gasteiger partial charge is 0.472 e. The van der Waals surface area contributed by atoms with E-state index in [0.29, 0.717) is 25.7 Å². The van der Waals surface area contributed by atoms with E-state index in [-0.39, 0.29) is 25.7 Å². The van der Waals surface area contributed by atoms with E-state index >= 15 is 0 Å². The fourth-order valence-corrected chi connectivity index (χ4v) is 13.1. The maximum absolute atomic E-state index is 13.1. The standard InChI is InChI=1S/C75H146O17P2/c1-6-10-13-16-19-22-25-27-31-35-39-44-49-54-59-73(78)86-65-71(92-75(80)61-56-51-46-41-36-32-29-28-30-33-37-42-47-52-57-68(5)9-4)67-90-94(83,84)88-63-69(76)62-87-93(81,82)89-66-70(64-85-72(77)58-53-48-43-38-24-21-18-15-12-8-3)91-74(79)60-55-50-45-40-34-26-23-20-17-14-11-7-2/h68-71,76H,6-67H2,1-5H3,(H,81,82)(H,83,84)/t68?,69-,70+,71+/m0/s1. The molecule has 6 atom stereocenters. The lowest BCUT2D eigenvalue weighted by molar-refractivity contribution is -0.161. The molecule has 0 heterocycles. The van der Waals surface area contributed by atoms with Crippen molar-refractivity contribution in [3.05, 3.63) is 0 Å². The molecule has 0 amide bonds. The number of phosphoric ester groups is 2. The van der Waals surface area contributed by atoms with Crippen LogP contribution in [-0.2, 0) is 65.4 Å². The Kier molecular flexibility index (Phi) is 66.8. The summed E-state index contributed by atoms with van der Waals surface area (Å²) >= 11 is 0. The molecule has 0 aromatic rings. The minimum atomic E-state index is -4.96. The molecule has 94 heavy (non-hydrogen) atoms. The van der Waals surface area contributed by atoms with Crippen molar-refractivity contribution in [3.63, 3.8) is 0 Å². The van der Waals surface area contributed by atoms with Crippen LogP contribution in [0.4, 0.5) is 0 Å². The van der Waals surface area contributed by atoms with E-state index in [4.69, 9.17) is 37.0 Å². The van der Waals surface area contributed by atoms with E-state index < -0.39 is 97.5 Å². The molecule has 3 N–H and O–H groups in total. The van der Waals surface area contributed by atoms with Gasteiger partial charge in [-0.15, -0.1) is 0 Å². The Balaban J connectivity index is 5.24. The second kappa shape index (κ2) is 68.2. The summed E-state index contributed by atoms with van der Waals surface area (Å²) in [4.78, 5) is 72.7. The van der Waals surface area contributed by atoms with Crippen LogP contribution < -0.4 is 0 Å². The first-order valence-corrected chi connectivity index (χ1v) is 42.2. The highest BCUT2D eigenvalue weighted by molar-refractivity contribution is 7.47. The summed E-state index contributed by atoms with van der Waals surface area (Å²) in [7, 11) is -9.91. The number of carbonyl (C=O) groups excluding carboxylic acids is 4. The topological polar surface area (TPSA) is 237 Å². The van der Waals surface area contributed by atoms with E-state index in [2.05, 4.69) is 34.6 Å². The van der Waals surface area contributed by atoms with Gasteiger partial charge < -0.3 is 33.8 Å². The van der Waals surface area contributed by atoms with Crippen molar-refractivity contribution in [2.75, 3.05) is 39.6 Å². The van der Waals surface area contributed by atoms with Crippen LogP contribution in [0, 0.1) is 5.92 Å². The zero-order valence-electron chi connectivity index (χ0n) is 61.1. The van der Waals surface area contributed by atoms with Gasteiger partial charge in [0.05, 0.1) is 26.4 Å². The Bertz CT molecular complexity index is 1810. The Morgan fingerprint density at radius 1 is 0.298 bits per heavy atom. The molecular formula is C75H146O17P2. The molecular weight excluding hydrogens is 1230 g/mol. The number of esters is 4. The molecule has 0 fully saturated rings. The quantitative estimate of drug-likeness (QED) is 0.0222. The average molecular weight is 1380 g/mol. The molecule has 0 radical (unpaired) electrons. The summed E-state index contributed by atoms with van der Waals surface area (Å²) in [6, 6.07) is 0. The summed E-state index contributed by atoms with van der Waals surface area (Å²) in [5, 5.41) is 10.6. The third kappa shape index (κ3) is 67.3. The van der Waals surface area contributed by atoms with Crippen LogP contribution in [0.2, 0.25) is 0 Å². The molecule has 0 spiro atoms. The van der Waals surface area contributed by atoms with Crippen LogP contribution in [-0.4, -0.2) is 96.7 Å². The van der Waals surface area contributed by atoms with E-state index in [1.807, 2.05) is 0 Å². The molecule has 0 saturated carbocycles. The lowest BCUT2D eigenvalue weighted by atomic mass is 9.99. The monoisotopic (exact) mass is 1380 g/mol. The smallest absolute Gasteiger partial charge is 0.462 e. The summed E-state index contributed by atoms with van der Waals surface area (Å²) in [6.07, 6.45) is 56.6. The first-order chi connectivity index (χ1) is 45.6. The predicted molar refractivity (Wildman–Crippen MR) is 382 cm³/mol. The maximum atomic E-state index is 13.1. The fraction of sp³-hybridized carbons (Fsp3) is 0.947. The van der Waals surface area contributed by atoms with Crippen LogP contribution in [0.3, 0.4) is 0 Å². The number of aliphatic hydroxyl groups is 1. The predicted octanol–water partition coefficient (Wildman–Crippen LogP) is 22.1. The third-order valence-corrected chi connectivity index (χ3v) is 19.8. The SMILES string of the molecule is CCCCCCCCCCCCCCCCC(=O)OC[C@H](COP(=O)(O)OC[C@@H](O)COP(=O)(O)OC[C@@H](COC(=O)CCCCCCCCCCCC)OC(=O)CCCCCCCCCCCCCC)OC(=O)CCCCCCCCCCCCCCCCC(C)CC. The van der Waals surface area contributed by atoms with Gasteiger partial charge in [-0.05, 0) is 31.6 Å². The van der Waals surface area contributed by atoms with Crippen molar-refractivity contribution in [2.24, 2.45) is 5.92 Å². The second-order valence-electron chi connectivity index (χ2n) is 27.3. The van der Waals surface area contributed by atoms with Gasteiger partial charge in [0.2, 0.25) is 0 Å². The first kappa shape index (κ1) is 92.1. The summed E-state index contributed by atoms with van der Waals surface area (Å²) < 4.78 is 68.5. The summed E-state index contributed by atoms with van der Waals surface area (Å²) in [6.45, 7) is 7.34. The normalized spacial score (nSPS) is 14.3. The van der Waals surface area contributed by atoms with E-state index in [0.717, 1.165) is 95.8 Å². The molecule has 0 aliphatic rings. The molecule has 558 valence electrons. The number of phosphoric acid groups is 2. The Labute approximate surface area is 575 Å². The van der Waals surface area contributed by atoms with Gasteiger partial charge in [-0.25, -0.2) is 9.13 Å². The molecule has 19 heteroatoms. The number of ether oxygens (including phenoxy) is 4. The third-order valence-electron chi connectivity index (χ3n) is 17.9. The van der Waals surface area contributed by atoms with Gasteiger partial charge in [0.1, 0.15) is 19.3 Å². The maximum Gasteiger partial charge on any atom is 0.472 e. The molecule has 0 aromatic heterocycles. The number of hydrogen-bond donors (Lipinski definition) is 3. The van der Waals surface area contributed by atoms with Gasteiger partial charge in [0, 0.05) is 25.7 Å². The molecule has 0 rings (SSSR count). The lowest BCUT2D eigenvalue weighted by Gasteiger charge is -2.21. The number of aliphatic hydroxyl groups excluding tert-OH is 1. The van der Waals surface area contributed by atoms with Crippen LogP contribution in [0.1, 0.15) is 394 Å². The Morgan fingerprint density at radius 3 is 0.755 bits per heavy atom. The highest BCUT2D eigenvalue weighted by Crippen LogP contribution is 2.45. The highest BCUT2D eigenvalue weighted by Gasteiger charge is 2.30. The average Bonchev–Trinajstić information content (AvgIpc) is 1.38. The number of carbonyl (C=O) groups is 4. The van der Waals surface area contributed by atoms with Crippen LogP contribution in [0.5, 0.6) is 0 Å². The zero-order valence-corrected chi connectivity index (χ0v) is 62.9. The van der Waals surface area contributed by atoms with Crippen molar-refractivity contribution >= 4 is 39.5 Å². The van der Waals surface area contributed by atoms with Gasteiger partial charge in [0.25, 0.3) is 0 Å². The van der Waals surface area contributed by atoms with Crippen LogP contribution in [0.15, 0.2) is 0 Å². The first-order valence-electron chi connectivity index (χ1n) is 39.2. The summed E-state index contributed by atoms with van der Waals surface area (Å²) in [5.74, 6) is -1.27. The summed E-state index contributed by atoms with van der Waals surface area (Å²) in [5.41, 5.74) is 0. The Morgan fingerprint density at radius 2 is 0.511 bits per heavy atom. The van der Waals surface area contributed by atoms with Gasteiger partial charge >= 0.3 is 39.5 Å². The molecule has 0 bridgehead atoms. The minimum absolute atomic E-state index is 0.108. The second-order valence-corrected chi connectivity index (χ2v) is 30.2. The molecule has 3 unspecified atom stereocenters. The highest BCUT2D eigenvalue weighted by atomic mass is 31.2. The molecule has 0 saturated heterocycles. The molecule has 0 aliphatic heterocycles. The van der Waals surface area contributed by atoms with Crippen molar-refractivity contribution in [3.8, 4) is 0 Å². The fourth-order valence-electron chi connectivity index (χ4n) is 11.5. The van der Waals surface area contributed by atoms with Crippen molar-refractivity contribution < 1.29 is 80.2 Å². The van der Waals surface area contributed by atoms with Crippen LogP contribution >= 0.6 is 15.6 Å². The van der Waals surface area contributed by atoms with Crippen LogP contribution in [0.25, 0.3) is 0 Å². The van der Waals surface area contributed by atoms with Crippen molar-refractivity contribution in [1.29, 1.82) is 0 Å². The van der Waals surface area contributed by atoms with Gasteiger partial charge in [-0.1, -0.05) is 343 Å². The van der Waals surface area contributed by atoms with Crippen molar-refractivity contribution in [2.45, 2.75) is 412 Å². The van der Waals surface area contributed by atoms with Gasteiger partial charge in [-0.3, -0.25) is 37.3 Å². The van der Waals surface area contributed by atoms with E-state index in [9.17, 15) is 43.2 Å². The molecule has 0 aromatic carbocycles. The van der Waals surface area contributed by atoms with Gasteiger partial charge in [-0.2, -0.15) is 0 Å². The van der Waals surface area contributed by atoms with Crippen molar-refractivity contribution in [1.82, 2.24) is 0 Å². The number of unbranched alkanes of at least 4 members (excludes halogenated alkanes) is 46. The number of rotatable bonds is 75. The van der Waals surface area contributed by atoms with Gasteiger partial charge in [0.15, 0.2) is 12.2 Å². The molecule has 17 nitrogen and oxygen atoms in total.